The van der Waals surface area contributed by atoms with Gasteiger partial charge < -0.3 is 10.2 Å². The molecule has 1 N–H and O–H groups in total. The number of hydrogen-bond donors (Lipinski definition) is 1. The molecule has 2 rings (SSSR count). The number of nitrogens with zero attached hydrogens (tertiary/aromatic N) is 1. The van der Waals surface area contributed by atoms with Crippen molar-refractivity contribution in [2.75, 3.05) is 31.9 Å². The van der Waals surface area contributed by atoms with Crippen LogP contribution in [0.5, 0.6) is 0 Å². The summed E-state index contributed by atoms with van der Waals surface area (Å²) in [5, 5.41) is 3.31. The van der Waals surface area contributed by atoms with Gasteiger partial charge in [-0.2, -0.15) is 11.8 Å². The molecule has 0 saturated carbocycles. The number of nitrogens with one attached hydrogen (secondary N) is 1. The lowest BCUT2D eigenvalue weighted by Crippen LogP contribution is -2.44. The summed E-state index contributed by atoms with van der Waals surface area (Å²) < 4.78 is 0.323. The van der Waals surface area contributed by atoms with E-state index in [1.165, 1.54) is 0 Å². The van der Waals surface area contributed by atoms with E-state index in [2.05, 4.69) is 31.0 Å². The molecule has 2 fully saturated rings. The van der Waals surface area contributed by atoms with Crippen molar-refractivity contribution in [3.05, 3.63) is 0 Å². The van der Waals surface area contributed by atoms with Crippen LogP contribution in [-0.4, -0.2) is 47.5 Å². The highest BCUT2D eigenvalue weighted by molar-refractivity contribution is 8.00. The van der Waals surface area contributed by atoms with Gasteiger partial charge in [-0.05, 0) is 26.3 Å². The summed E-state index contributed by atoms with van der Waals surface area (Å²) in [6, 6.07) is 0. The Morgan fingerprint density at radius 1 is 1.24 bits per heavy atom. The zero-order valence-corrected chi connectivity index (χ0v) is 12.0. The molecule has 3 nitrogen and oxygen atoms in total. The predicted molar refractivity (Wildman–Crippen MR) is 73.3 cm³/mol. The van der Waals surface area contributed by atoms with Gasteiger partial charge in [-0.25, -0.2) is 0 Å². The lowest BCUT2D eigenvalue weighted by molar-refractivity contribution is -0.140. The molecule has 17 heavy (non-hydrogen) atoms. The van der Waals surface area contributed by atoms with E-state index in [-0.39, 0.29) is 5.41 Å². The molecule has 0 aromatic rings. The Morgan fingerprint density at radius 3 is 2.65 bits per heavy atom. The molecule has 0 radical (unpaired) electrons. The Morgan fingerprint density at radius 2 is 2.00 bits per heavy atom. The Labute approximate surface area is 109 Å². The second kappa shape index (κ2) is 4.81. The molecule has 2 heterocycles. The first kappa shape index (κ1) is 13.2. The van der Waals surface area contributed by atoms with Crippen molar-refractivity contribution in [1.82, 2.24) is 10.2 Å². The van der Waals surface area contributed by atoms with Crippen molar-refractivity contribution in [2.45, 2.75) is 38.4 Å². The fourth-order valence-electron chi connectivity index (χ4n) is 2.60. The Hall–Kier alpha value is -0.220. The largest absolute Gasteiger partial charge is 0.341 e. The highest BCUT2D eigenvalue weighted by Crippen LogP contribution is 2.33. The molecular weight excluding hydrogens is 232 g/mol. The van der Waals surface area contributed by atoms with Crippen molar-refractivity contribution in [3.8, 4) is 0 Å². The van der Waals surface area contributed by atoms with Crippen molar-refractivity contribution >= 4 is 17.7 Å². The Kier molecular flexibility index (Phi) is 3.74. The van der Waals surface area contributed by atoms with Crippen LogP contribution in [0.2, 0.25) is 0 Å². The molecule has 0 aromatic carbocycles. The normalized spacial score (nSPS) is 33.5. The molecule has 0 aromatic heterocycles. The SMILES string of the molecule is CC1(C)CCN(C(=O)C2(C)CCNC2)CCS1. The topological polar surface area (TPSA) is 32.3 Å². The molecule has 2 aliphatic rings. The first-order valence-corrected chi connectivity index (χ1v) is 7.56. The van der Waals surface area contributed by atoms with Crippen LogP contribution < -0.4 is 5.32 Å². The van der Waals surface area contributed by atoms with Crippen LogP contribution in [0.15, 0.2) is 0 Å². The van der Waals surface area contributed by atoms with Gasteiger partial charge in [0.05, 0.1) is 5.41 Å². The van der Waals surface area contributed by atoms with Crippen molar-refractivity contribution in [3.63, 3.8) is 0 Å². The van der Waals surface area contributed by atoms with E-state index >= 15 is 0 Å². The lowest BCUT2D eigenvalue weighted by atomic mass is 9.88. The van der Waals surface area contributed by atoms with Gasteiger partial charge in [-0.1, -0.05) is 13.8 Å². The quantitative estimate of drug-likeness (QED) is 0.775. The van der Waals surface area contributed by atoms with E-state index in [0.29, 0.717) is 10.7 Å². The van der Waals surface area contributed by atoms with Gasteiger partial charge in [0.15, 0.2) is 0 Å². The fourth-order valence-corrected chi connectivity index (χ4v) is 3.70. The van der Waals surface area contributed by atoms with Crippen LogP contribution in [-0.2, 0) is 4.79 Å². The number of hydrogen-bond acceptors (Lipinski definition) is 3. The van der Waals surface area contributed by atoms with Crippen LogP contribution in [0.3, 0.4) is 0 Å². The number of thioether (sulfide) groups is 1. The van der Waals surface area contributed by atoms with Crippen LogP contribution in [0, 0.1) is 5.41 Å². The van der Waals surface area contributed by atoms with Crippen LogP contribution >= 0.6 is 11.8 Å². The van der Waals surface area contributed by atoms with E-state index < -0.39 is 0 Å². The minimum absolute atomic E-state index is 0.154. The van der Waals surface area contributed by atoms with Crippen molar-refractivity contribution < 1.29 is 4.79 Å². The molecule has 4 heteroatoms. The Balaban J connectivity index is 2.00. The Bertz CT molecular complexity index is 298. The summed E-state index contributed by atoms with van der Waals surface area (Å²) in [5.41, 5.74) is -0.154. The summed E-state index contributed by atoms with van der Waals surface area (Å²) in [4.78, 5) is 14.7. The zero-order chi connectivity index (χ0) is 12.5. The van der Waals surface area contributed by atoms with Gasteiger partial charge in [0.1, 0.15) is 0 Å². The zero-order valence-electron chi connectivity index (χ0n) is 11.2. The molecule has 0 bridgehead atoms. The second-order valence-corrected chi connectivity index (χ2v) is 7.94. The first-order chi connectivity index (χ1) is 7.93. The smallest absolute Gasteiger partial charge is 0.229 e. The van der Waals surface area contributed by atoms with Gasteiger partial charge in [0, 0.05) is 30.1 Å². The summed E-state index contributed by atoms with van der Waals surface area (Å²) in [6.07, 6.45) is 2.09. The monoisotopic (exact) mass is 256 g/mol. The minimum Gasteiger partial charge on any atom is -0.341 e. The van der Waals surface area contributed by atoms with E-state index in [1.807, 2.05) is 11.8 Å². The fraction of sp³-hybridized carbons (Fsp3) is 0.923. The van der Waals surface area contributed by atoms with Gasteiger partial charge in [0.2, 0.25) is 5.91 Å². The molecule has 2 aliphatic heterocycles. The first-order valence-electron chi connectivity index (χ1n) is 6.57. The van der Waals surface area contributed by atoms with Crippen LogP contribution in [0.25, 0.3) is 0 Å². The molecule has 0 aliphatic carbocycles. The van der Waals surface area contributed by atoms with Crippen LogP contribution in [0.1, 0.15) is 33.6 Å². The van der Waals surface area contributed by atoms with E-state index in [0.717, 1.165) is 44.8 Å². The highest BCUT2D eigenvalue weighted by Gasteiger charge is 2.40. The predicted octanol–water partition coefficient (Wildman–Crippen LogP) is 1.73. The highest BCUT2D eigenvalue weighted by atomic mass is 32.2. The molecule has 1 atom stereocenters. The third kappa shape index (κ3) is 2.97. The van der Waals surface area contributed by atoms with Crippen molar-refractivity contribution in [2.24, 2.45) is 5.41 Å². The van der Waals surface area contributed by atoms with Gasteiger partial charge >= 0.3 is 0 Å². The molecule has 2 saturated heterocycles. The maximum absolute atomic E-state index is 12.6. The molecule has 98 valence electrons. The molecule has 1 unspecified atom stereocenters. The average Bonchev–Trinajstić information content (AvgIpc) is 2.62. The van der Waals surface area contributed by atoms with E-state index in [9.17, 15) is 4.79 Å². The maximum atomic E-state index is 12.6. The van der Waals surface area contributed by atoms with Gasteiger partial charge in [-0.15, -0.1) is 0 Å². The lowest BCUT2D eigenvalue weighted by Gasteiger charge is -2.30. The van der Waals surface area contributed by atoms with Gasteiger partial charge in [0.25, 0.3) is 0 Å². The summed E-state index contributed by atoms with van der Waals surface area (Å²) in [7, 11) is 0. The second-order valence-electron chi connectivity index (χ2n) is 6.14. The van der Waals surface area contributed by atoms with Crippen molar-refractivity contribution in [1.29, 1.82) is 0 Å². The number of rotatable bonds is 1. The third-order valence-corrected chi connectivity index (χ3v) is 5.38. The van der Waals surface area contributed by atoms with Crippen LogP contribution in [0.4, 0.5) is 0 Å². The molecular formula is C13H24N2OS. The standard InChI is InChI=1S/C13H24N2OS/c1-12(2)5-7-15(8-9-17-12)11(16)13(3)4-6-14-10-13/h14H,4-10H2,1-3H3. The minimum atomic E-state index is -0.154. The van der Waals surface area contributed by atoms with Gasteiger partial charge in [-0.3, -0.25) is 4.79 Å². The molecule has 0 spiro atoms. The molecule has 1 amide bonds. The number of amides is 1. The van der Waals surface area contributed by atoms with E-state index in [4.69, 9.17) is 0 Å². The number of carbonyl (C=O) groups excluding carboxylic acids is 1. The maximum Gasteiger partial charge on any atom is 0.229 e. The summed E-state index contributed by atoms with van der Waals surface area (Å²) in [6.45, 7) is 10.3. The average molecular weight is 256 g/mol. The third-order valence-electron chi connectivity index (χ3n) is 4.01. The van der Waals surface area contributed by atoms with E-state index in [1.54, 1.807) is 0 Å². The number of carbonyl (C=O) groups is 1. The summed E-state index contributed by atoms with van der Waals surface area (Å²) >= 11 is 1.99. The summed E-state index contributed by atoms with van der Waals surface area (Å²) in [5.74, 6) is 1.43.